The standard InChI is InChI=1S/C26H26N2O3/c1-16-8-3-4-10-18(16)19-11-6-12-20-21(25(26(29)30)28-24(19)20)13-7-15-31-22-14-5-9-17(2)23(22)27/h3-6,8-12,14,28H,7,13,15,27H2,1-2H3,(H,29,30). The minimum absolute atomic E-state index is 0.242. The summed E-state index contributed by atoms with van der Waals surface area (Å²) < 4.78 is 5.85. The predicted molar refractivity (Wildman–Crippen MR) is 125 cm³/mol. The van der Waals surface area contributed by atoms with Crippen LogP contribution in [0.2, 0.25) is 0 Å². The Labute approximate surface area is 181 Å². The van der Waals surface area contributed by atoms with E-state index in [2.05, 4.69) is 24.0 Å². The van der Waals surface area contributed by atoms with Crippen LogP contribution in [0.15, 0.2) is 60.7 Å². The Balaban J connectivity index is 1.62. The van der Waals surface area contributed by atoms with E-state index in [1.807, 2.05) is 55.5 Å². The van der Waals surface area contributed by atoms with Gasteiger partial charge in [-0.05, 0) is 55.0 Å². The van der Waals surface area contributed by atoms with Crippen LogP contribution in [0.3, 0.4) is 0 Å². The number of aromatic carboxylic acids is 1. The summed E-state index contributed by atoms with van der Waals surface area (Å²) in [7, 11) is 0. The van der Waals surface area contributed by atoms with E-state index < -0.39 is 5.97 Å². The highest BCUT2D eigenvalue weighted by molar-refractivity contribution is 6.03. The lowest BCUT2D eigenvalue weighted by Gasteiger charge is -2.10. The molecule has 0 fully saturated rings. The second kappa shape index (κ2) is 8.56. The van der Waals surface area contributed by atoms with Crippen molar-refractivity contribution in [3.8, 4) is 16.9 Å². The number of hydrogen-bond donors (Lipinski definition) is 3. The molecule has 0 radical (unpaired) electrons. The number of carboxylic acid groups (broad SMARTS) is 1. The molecule has 0 saturated carbocycles. The number of nitrogens with one attached hydrogen (secondary N) is 1. The highest BCUT2D eigenvalue weighted by atomic mass is 16.5. The van der Waals surface area contributed by atoms with E-state index in [4.69, 9.17) is 10.5 Å². The zero-order valence-corrected chi connectivity index (χ0v) is 17.7. The van der Waals surface area contributed by atoms with Crippen molar-refractivity contribution in [3.05, 3.63) is 83.0 Å². The SMILES string of the molecule is Cc1ccccc1-c1cccc2c(CCCOc3cccc(C)c3N)c(C(=O)O)[nH]c12. The highest BCUT2D eigenvalue weighted by Crippen LogP contribution is 2.34. The number of ether oxygens (including phenoxy) is 1. The second-order valence-corrected chi connectivity index (χ2v) is 7.77. The summed E-state index contributed by atoms with van der Waals surface area (Å²) in [6, 6.07) is 19.8. The van der Waals surface area contributed by atoms with Gasteiger partial charge in [-0.25, -0.2) is 4.79 Å². The zero-order chi connectivity index (χ0) is 22.0. The molecule has 0 aliphatic heterocycles. The van der Waals surface area contributed by atoms with Gasteiger partial charge in [0, 0.05) is 10.9 Å². The van der Waals surface area contributed by atoms with E-state index in [-0.39, 0.29) is 5.69 Å². The molecule has 5 heteroatoms. The first kappa shape index (κ1) is 20.5. The van der Waals surface area contributed by atoms with Crippen LogP contribution in [0, 0.1) is 13.8 Å². The van der Waals surface area contributed by atoms with Gasteiger partial charge < -0.3 is 20.6 Å². The summed E-state index contributed by atoms with van der Waals surface area (Å²) in [6.45, 7) is 4.46. The van der Waals surface area contributed by atoms with Gasteiger partial charge in [0.15, 0.2) is 0 Å². The van der Waals surface area contributed by atoms with Crippen LogP contribution in [0.1, 0.15) is 33.6 Å². The molecule has 0 aliphatic rings. The molecular formula is C26H26N2O3. The average Bonchev–Trinajstić information content (AvgIpc) is 3.13. The highest BCUT2D eigenvalue weighted by Gasteiger charge is 2.19. The van der Waals surface area contributed by atoms with Gasteiger partial charge in [-0.2, -0.15) is 0 Å². The number of nitrogens with two attached hydrogens (primary N) is 1. The van der Waals surface area contributed by atoms with Crippen LogP contribution in [-0.2, 0) is 6.42 Å². The van der Waals surface area contributed by atoms with Crippen molar-refractivity contribution in [2.45, 2.75) is 26.7 Å². The first-order valence-electron chi connectivity index (χ1n) is 10.4. The van der Waals surface area contributed by atoms with E-state index in [9.17, 15) is 9.90 Å². The number of nitrogen functional groups attached to an aromatic ring is 1. The van der Waals surface area contributed by atoms with Crippen molar-refractivity contribution < 1.29 is 14.6 Å². The molecular weight excluding hydrogens is 388 g/mol. The number of anilines is 1. The van der Waals surface area contributed by atoms with Crippen LogP contribution < -0.4 is 10.5 Å². The third-order valence-electron chi connectivity index (χ3n) is 5.70. The molecule has 0 saturated heterocycles. The fourth-order valence-electron chi connectivity index (χ4n) is 4.03. The van der Waals surface area contributed by atoms with Crippen molar-refractivity contribution >= 4 is 22.6 Å². The third-order valence-corrected chi connectivity index (χ3v) is 5.70. The topological polar surface area (TPSA) is 88.3 Å². The van der Waals surface area contributed by atoms with Gasteiger partial charge in [0.25, 0.3) is 0 Å². The fraction of sp³-hybridized carbons (Fsp3) is 0.192. The van der Waals surface area contributed by atoms with Crippen molar-refractivity contribution in [2.75, 3.05) is 12.3 Å². The lowest BCUT2D eigenvalue weighted by atomic mass is 9.97. The van der Waals surface area contributed by atoms with Gasteiger partial charge >= 0.3 is 5.97 Å². The van der Waals surface area contributed by atoms with Crippen molar-refractivity contribution in [2.24, 2.45) is 0 Å². The molecule has 4 rings (SSSR count). The molecule has 5 nitrogen and oxygen atoms in total. The van der Waals surface area contributed by atoms with Crippen LogP contribution in [0.5, 0.6) is 5.75 Å². The first-order chi connectivity index (χ1) is 15.0. The van der Waals surface area contributed by atoms with Crippen LogP contribution in [0.25, 0.3) is 22.0 Å². The lowest BCUT2D eigenvalue weighted by molar-refractivity contribution is 0.0690. The number of benzene rings is 3. The van der Waals surface area contributed by atoms with Crippen LogP contribution in [-0.4, -0.2) is 22.7 Å². The summed E-state index contributed by atoms with van der Waals surface area (Å²) in [6.07, 6.45) is 1.26. The van der Waals surface area contributed by atoms with E-state index in [1.165, 1.54) is 0 Å². The molecule has 0 amide bonds. The zero-order valence-electron chi connectivity index (χ0n) is 17.7. The minimum Gasteiger partial charge on any atom is -0.491 e. The Bertz CT molecular complexity index is 1260. The molecule has 4 aromatic rings. The fourth-order valence-corrected chi connectivity index (χ4v) is 4.03. The molecule has 0 aliphatic carbocycles. The van der Waals surface area contributed by atoms with E-state index in [1.54, 1.807) is 0 Å². The van der Waals surface area contributed by atoms with E-state index in [0.29, 0.717) is 30.9 Å². The number of aryl methyl sites for hydroxylation is 3. The van der Waals surface area contributed by atoms with E-state index >= 15 is 0 Å². The number of fused-ring (bicyclic) bond motifs is 1. The van der Waals surface area contributed by atoms with Gasteiger partial charge in [-0.3, -0.25) is 0 Å². The predicted octanol–water partition coefficient (Wildman–Crippen LogP) is 5.74. The maximum absolute atomic E-state index is 12.0. The Morgan fingerprint density at radius 1 is 0.968 bits per heavy atom. The Morgan fingerprint density at radius 3 is 2.45 bits per heavy atom. The van der Waals surface area contributed by atoms with Gasteiger partial charge in [-0.1, -0.05) is 54.6 Å². The summed E-state index contributed by atoms with van der Waals surface area (Å²) in [4.78, 5) is 15.1. The maximum atomic E-state index is 12.0. The molecule has 158 valence electrons. The minimum atomic E-state index is -0.953. The molecule has 4 N–H and O–H groups in total. The molecule has 3 aromatic carbocycles. The van der Waals surface area contributed by atoms with Gasteiger partial charge in [0.05, 0.1) is 17.8 Å². The normalized spacial score (nSPS) is 11.0. The smallest absolute Gasteiger partial charge is 0.352 e. The number of hydrogen-bond acceptors (Lipinski definition) is 3. The molecule has 0 bridgehead atoms. The molecule has 0 atom stereocenters. The Hall–Kier alpha value is -3.73. The molecule has 1 heterocycles. The van der Waals surface area contributed by atoms with Gasteiger partial charge in [-0.15, -0.1) is 0 Å². The van der Waals surface area contributed by atoms with Crippen LogP contribution in [0.4, 0.5) is 5.69 Å². The van der Waals surface area contributed by atoms with Gasteiger partial charge in [0.2, 0.25) is 0 Å². The second-order valence-electron chi connectivity index (χ2n) is 7.77. The third kappa shape index (κ3) is 3.99. The maximum Gasteiger partial charge on any atom is 0.352 e. The number of para-hydroxylation sites is 2. The van der Waals surface area contributed by atoms with Crippen molar-refractivity contribution in [1.29, 1.82) is 0 Å². The Kier molecular flexibility index (Phi) is 5.67. The summed E-state index contributed by atoms with van der Waals surface area (Å²) in [5.41, 5.74) is 12.8. The largest absolute Gasteiger partial charge is 0.491 e. The molecule has 0 unspecified atom stereocenters. The molecule has 1 aromatic heterocycles. The lowest BCUT2D eigenvalue weighted by Crippen LogP contribution is -2.05. The van der Waals surface area contributed by atoms with Crippen molar-refractivity contribution in [3.63, 3.8) is 0 Å². The number of carbonyl (C=O) groups is 1. The Morgan fingerprint density at radius 2 is 1.68 bits per heavy atom. The number of rotatable bonds is 7. The monoisotopic (exact) mass is 414 g/mol. The summed E-state index contributed by atoms with van der Waals surface area (Å²) in [5.74, 6) is -0.287. The van der Waals surface area contributed by atoms with Crippen LogP contribution >= 0.6 is 0 Å². The average molecular weight is 415 g/mol. The number of aromatic amines is 1. The first-order valence-corrected chi connectivity index (χ1v) is 10.4. The van der Waals surface area contributed by atoms with E-state index in [0.717, 1.165) is 38.7 Å². The number of carboxylic acids is 1. The quantitative estimate of drug-likeness (QED) is 0.266. The molecule has 31 heavy (non-hydrogen) atoms. The van der Waals surface area contributed by atoms with Gasteiger partial charge in [0.1, 0.15) is 11.4 Å². The summed E-state index contributed by atoms with van der Waals surface area (Å²) in [5, 5.41) is 10.7. The summed E-state index contributed by atoms with van der Waals surface area (Å²) >= 11 is 0. The van der Waals surface area contributed by atoms with Crippen molar-refractivity contribution in [1.82, 2.24) is 4.98 Å². The number of H-pyrrole nitrogens is 1. The number of aromatic nitrogens is 1. The molecule has 0 spiro atoms.